The average molecular weight is 229 g/mol. The molecule has 0 aliphatic carbocycles. The van der Waals surface area contributed by atoms with Crippen molar-refractivity contribution in [2.75, 3.05) is 53.0 Å². The molecule has 1 saturated heterocycles. The van der Waals surface area contributed by atoms with Gasteiger partial charge in [-0.15, -0.1) is 0 Å². The molecule has 1 atom stereocenters. The summed E-state index contributed by atoms with van der Waals surface area (Å²) in [4.78, 5) is 5.06. The van der Waals surface area contributed by atoms with Gasteiger partial charge in [-0.2, -0.15) is 0 Å². The van der Waals surface area contributed by atoms with E-state index in [1.54, 1.807) is 7.11 Å². The summed E-state index contributed by atoms with van der Waals surface area (Å²) >= 11 is 0. The minimum atomic E-state index is 0.563. The quantitative estimate of drug-likeness (QED) is 0.685. The highest BCUT2D eigenvalue weighted by molar-refractivity contribution is 4.78. The van der Waals surface area contributed by atoms with Gasteiger partial charge in [-0.25, -0.2) is 0 Å². The van der Waals surface area contributed by atoms with Crippen molar-refractivity contribution in [3.63, 3.8) is 0 Å². The SMILES string of the molecule is CCN1CCN(C(CCCN)COC)CC1. The number of nitrogens with zero attached hydrogens (tertiary/aromatic N) is 2. The van der Waals surface area contributed by atoms with Crippen molar-refractivity contribution < 1.29 is 4.74 Å². The fraction of sp³-hybridized carbons (Fsp3) is 1.00. The van der Waals surface area contributed by atoms with Gasteiger partial charge < -0.3 is 15.4 Å². The Bertz CT molecular complexity index is 170. The zero-order chi connectivity index (χ0) is 11.8. The van der Waals surface area contributed by atoms with Crippen LogP contribution in [0.3, 0.4) is 0 Å². The number of methoxy groups -OCH3 is 1. The molecule has 0 aromatic rings. The summed E-state index contributed by atoms with van der Waals surface area (Å²) < 4.78 is 5.31. The molecule has 1 fully saturated rings. The molecule has 0 bridgehead atoms. The van der Waals surface area contributed by atoms with Gasteiger partial charge in [-0.1, -0.05) is 6.92 Å². The molecule has 1 unspecified atom stereocenters. The van der Waals surface area contributed by atoms with E-state index in [9.17, 15) is 0 Å². The molecule has 1 aliphatic rings. The van der Waals surface area contributed by atoms with Crippen LogP contribution in [0.5, 0.6) is 0 Å². The standard InChI is InChI=1S/C12H27N3O/c1-3-14-7-9-15(10-8-14)12(11-16-2)5-4-6-13/h12H,3-11,13H2,1-2H3. The third-order valence-corrected chi connectivity index (χ3v) is 3.47. The monoisotopic (exact) mass is 229 g/mol. The molecule has 1 aliphatic heterocycles. The van der Waals surface area contributed by atoms with E-state index in [0.717, 1.165) is 26.0 Å². The lowest BCUT2D eigenvalue weighted by Gasteiger charge is -2.38. The van der Waals surface area contributed by atoms with E-state index in [4.69, 9.17) is 10.5 Å². The molecule has 16 heavy (non-hydrogen) atoms. The lowest BCUT2D eigenvalue weighted by atomic mass is 10.1. The summed E-state index contributed by atoms with van der Waals surface area (Å²) in [5, 5.41) is 0. The van der Waals surface area contributed by atoms with Crippen LogP contribution in [0.2, 0.25) is 0 Å². The lowest BCUT2D eigenvalue weighted by Crippen LogP contribution is -2.51. The molecule has 2 N–H and O–H groups in total. The van der Waals surface area contributed by atoms with Gasteiger partial charge in [0.25, 0.3) is 0 Å². The summed E-state index contributed by atoms with van der Waals surface area (Å²) in [5.74, 6) is 0. The van der Waals surface area contributed by atoms with Crippen molar-refractivity contribution >= 4 is 0 Å². The Labute approximate surface area is 99.7 Å². The number of hydrogen-bond acceptors (Lipinski definition) is 4. The number of likely N-dealkylation sites (N-methyl/N-ethyl adjacent to an activating group) is 1. The first-order valence-corrected chi connectivity index (χ1v) is 6.47. The van der Waals surface area contributed by atoms with Gasteiger partial charge in [0.15, 0.2) is 0 Å². The highest BCUT2D eigenvalue weighted by Gasteiger charge is 2.22. The molecular formula is C12H27N3O. The topological polar surface area (TPSA) is 41.7 Å². The van der Waals surface area contributed by atoms with E-state index in [1.807, 2.05) is 0 Å². The molecule has 0 saturated carbocycles. The fourth-order valence-corrected chi connectivity index (χ4v) is 2.36. The molecule has 0 aromatic carbocycles. The molecular weight excluding hydrogens is 202 g/mol. The number of piperazine rings is 1. The molecule has 4 heteroatoms. The van der Waals surface area contributed by atoms with E-state index in [0.29, 0.717) is 6.04 Å². The van der Waals surface area contributed by atoms with Gasteiger partial charge in [-0.3, -0.25) is 4.90 Å². The van der Waals surface area contributed by atoms with E-state index in [-0.39, 0.29) is 0 Å². The minimum absolute atomic E-state index is 0.563. The van der Waals surface area contributed by atoms with Crippen molar-refractivity contribution in [1.82, 2.24) is 9.80 Å². The normalized spacial score (nSPS) is 21.2. The van der Waals surface area contributed by atoms with Crippen LogP contribution >= 0.6 is 0 Å². The smallest absolute Gasteiger partial charge is 0.0618 e. The van der Waals surface area contributed by atoms with Gasteiger partial charge in [0, 0.05) is 39.3 Å². The van der Waals surface area contributed by atoms with E-state index >= 15 is 0 Å². The lowest BCUT2D eigenvalue weighted by molar-refractivity contribution is 0.0467. The Morgan fingerprint density at radius 2 is 1.94 bits per heavy atom. The summed E-state index contributed by atoms with van der Waals surface area (Å²) in [7, 11) is 1.79. The Kier molecular flexibility index (Phi) is 6.96. The van der Waals surface area contributed by atoms with Crippen LogP contribution in [0.25, 0.3) is 0 Å². The molecule has 1 heterocycles. The number of nitrogens with two attached hydrogens (primary N) is 1. The molecule has 4 nitrogen and oxygen atoms in total. The Balaban J connectivity index is 2.33. The second-order valence-corrected chi connectivity index (χ2v) is 4.51. The number of hydrogen-bond donors (Lipinski definition) is 1. The summed E-state index contributed by atoms with van der Waals surface area (Å²) in [6, 6.07) is 0.563. The molecule has 96 valence electrons. The second kappa shape index (κ2) is 8.01. The van der Waals surface area contributed by atoms with Crippen LogP contribution in [-0.4, -0.2) is 68.8 Å². The fourth-order valence-electron chi connectivity index (χ4n) is 2.36. The van der Waals surface area contributed by atoms with Crippen LogP contribution in [0, 0.1) is 0 Å². The van der Waals surface area contributed by atoms with Crippen molar-refractivity contribution in [2.24, 2.45) is 5.73 Å². The van der Waals surface area contributed by atoms with Crippen molar-refractivity contribution in [3.8, 4) is 0 Å². The molecule has 0 aromatic heterocycles. The van der Waals surface area contributed by atoms with Gasteiger partial charge >= 0.3 is 0 Å². The first-order chi connectivity index (χ1) is 7.81. The zero-order valence-electron chi connectivity index (χ0n) is 10.8. The van der Waals surface area contributed by atoms with E-state index in [1.165, 1.54) is 32.7 Å². The van der Waals surface area contributed by atoms with Crippen molar-refractivity contribution in [3.05, 3.63) is 0 Å². The third kappa shape index (κ3) is 4.37. The van der Waals surface area contributed by atoms with Crippen LogP contribution in [0.4, 0.5) is 0 Å². The Morgan fingerprint density at radius 1 is 1.25 bits per heavy atom. The number of rotatable bonds is 7. The van der Waals surface area contributed by atoms with Gasteiger partial charge in [0.05, 0.1) is 6.61 Å². The highest BCUT2D eigenvalue weighted by atomic mass is 16.5. The molecule has 0 amide bonds. The van der Waals surface area contributed by atoms with Crippen molar-refractivity contribution in [2.45, 2.75) is 25.8 Å². The first-order valence-electron chi connectivity index (χ1n) is 6.47. The molecule has 0 radical (unpaired) electrons. The van der Waals surface area contributed by atoms with Gasteiger partial charge in [0.1, 0.15) is 0 Å². The van der Waals surface area contributed by atoms with Crippen LogP contribution in [0.1, 0.15) is 19.8 Å². The summed E-state index contributed by atoms with van der Waals surface area (Å²) in [6.45, 7) is 9.77. The largest absolute Gasteiger partial charge is 0.383 e. The van der Waals surface area contributed by atoms with Crippen LogP contribution in [0.15, 0.2) is 0 Å². The maximum atomic E-state index is 5.58. The summed E-state index contributed by atoms with van der Waals surface area (Å²) in [5.41, 5.74) is 5.58. The third-order valence-electron chi connectivity index (χ3n) is 3.47. The Hall–Kier alpha value is -0.160. The van der Waals surface area contributed by atoms with Crippen LogP contribution in [-0.2, 0) is 4.74 Å². The highest BCUT2D eigenvalue weighted by Crippen LogP contribution is 2.11. The van der Waals surface area contributed by atoms with Gasteiger partial charge in [0.2, 0.25) is 0 Å². The van der Waals surface area contributed by atoms with E-state index in [2.05, 4.69) is 16.7 Å². The average Bonchev–Trinajstić information content (AvgIpc) is 2.35. The summed E-state index contributed by atoms with van der Waals surface area (Å²) in [6.07, 6.45) is 2.26. The maximum Gasteiger partial charge on any atom is 0.0618 e. The number of ether oxygens (including phenoxy) is 1. The maximum absolute atomic E-state index is 5.58. The predicted molar refractivity (Wildman–Crippen MR) is 67.6 cm³/mol. The Morgan fingerprint density at radius 3 is 2.44 bits per heavy atom. The predicted octanol–water partition coefficient (Wildman–Crippen LogP) is 0.378. The van der Waals surface area contributed by atoms with E-state index < -0.39 is 0 Å². The molecule has 0 spiro atoms. The van der Waals surface area contributed by atoms with Gasteiger partial charge in [-0.05, 0) is 25.9 Å². The molecule has 1 rings (SSSR count). The van der Waals surface area contributed by atoms with Crippen molar-refractivity contribution in [1.29, 1.82) is 0 Å². The zero-order valence-corrected chi connectivity index (χ0v) is 10.8. The first kappa shape index (κ1) is 13.9. The second-order valence-electron chi connectivity index (χ2n) is 4.51. The van der Waals surface area contributed by atoms with Crippen LogP contribution < -0.4 is 5.73 Å². The minimum Gasteiger partial charge on any atom is -0.383 e.